The maximum Gasteiger partial charge on any atom is 0.0609 e. The Morgan fingerprint density at radius 1 is 1.36 bits per heavy atom. The van der Waals surface area contributed by atoms with Gasteiger partial charge in [-0.2, -0.15) is 0 Å². The maximum atomic E-state index is 5.38. The Labute approximate surface area is 86.3 Å². The van der Waals surface area contributed by atoms with Gasteiger partial charge in [0.1, 0.15) is 0 Å². The first-order valence-corrected chi connectivity index (χ1v) is 5.10. The molecule has 0 aliphatic heterocycles. The molecule has 1 atom stereocenters. The molecule has 0 aliphatic carbocycles. The van der Waals surface area contributed by atoms with Gasteiger partial charge in [-0.3, -0.25) is 0 Å². The normalized spacial score (nSPS) is 12.5. The van der Waals surface area contributed by atoms with Crippen molar-refractivity contribution in [3.05, 3.63) is 29.8 Å². The quantitative estimate of drug-likeness (QED) is 0.776. The summed E-state index contributed by atoms with van der Waals surface area (Å²) in [6.45, 7) is 2.15. The van der Waals surface area contributed by atoms with Crippen LogP contribution in [-0.2, 0) is 11.2 Å². The zero-order chi connectivity index (χ0) is 10.4. The average molecular weight is 193 g/mol. The monoisotopic (exact) mass is 193 g/mol. The van der Waals surface area contributed by atoms with Crippen molar-refractivity contribution in [2.75, 3.05) is 19.5 Å². The second-order valence-corrected chi connectivity index (χ2v) is 3.38. The van der Waals surface area contributed by atoms with Gasteiger partial charge < -0.3 is 10.1 Å². The van der Waals surface area contributed by atoms with Crippen LogP contribution in [0, 0.1) is 0 Å². The second-order valence-electron chi connectivity index (χ2n) is 3.38. The third-order valence-corrected chi connectivity index (χ3v) is 2.52. The van der Waals surface area contributed by atoms with Crippen LogP contribution in [0.2, 0.25) is 0 Å². The lowest BCUT2D eigenvalue weighted by Crippen LogP contribution is -2.13. The average Bonchev–Trinajstić information content (AvgIpc) is 2.26. The van der Waals surface area contributed by atoms with E-state index in [-0.39, 0.29) is 0 Å². The summed E-state index contributed by atoms with van der Waals surface area (Å²) in [5, 5.41) is 3.19. The fourth-order valence-electron chi connectivity index (χ4n) is 1.58. The summed E-state index contributed by atoms with van der Waals surface area (Å²) < 4.78 is 5.38. The molecule has 0 fully saturated rings. The van der Waals surface area contributed by atoms with E-state index in [1.165, 1.54) is 11.3 Å². The minimum atomic E-state index is 0.324. The number of rotatable bonds is 5. The smallest absolute Gasteiger partial charge is 0.0609 e. The molecule has 0 radical (unpaired) electrons. The largest absolute Gasteiger partial charge is 0.388 e. The fraction of sp³-hybridized carbons (Fsp3) is 0.500. The number of anilines is 1. The van der Waals surface area contributed by atoms with Crippen molar-refractivity contribution in [3.8, 4) is 0 Å². The number of ether oxygens (including phenoxy) is 1. The molecule has 0 amide bonds. The molecule has 1 N–H and O–H groups in total. The zero-order valence-corrected chi connectivity index (χ0v) is 9.21. The highest BCUT2D eigenvalue weighted by atomic mass is 16.5. The van der Waals surface area contributed by atoms with Crippen LogP contribution in [0.25, 0.3) is 0 Å². The van der Waals surface area contributed by atoms with Crippen molar-refractivity contribution in [2.45, 2.75) is 25.9 Å². The molecule has 0 bridgehead atoms. The van der Waals surface area contributed by atoms with E-state index in [1.54, 1.807) is 7.11 Å². The van der Waals surface area contributed by atoms with Gasteiger partial charge >= 0.3 is 0 Å². The summed E-state index contributed by atoms with van der Waals surface area (Å²) in [5.74, 6) is 0. The number of hydrogen-bond acceptors (Lipinski definition) is 2. The fourth-order valence-corrected chi connectivity index (χ4v) is 1.58. The molecule has 0 spiro atoms. The van der Waals surface area contributed by atoms with Gasteiger partial charge in [-0.25, -0.2) is 0 Å². The van der Waals surface area contributed by atoms with E-state index in [0.717, 1.165) is 12.8 Å². The van der Waals surface area contributed by atoms with Gasteiger partial charge in [0, 0.05) is 26.3 Å². The van der Waals surface area contributed by atoms with Crippen LogP contribution < -0.4 is 5.32 Å². The molecule has 1 rings (SSSR count). The molecule has 1 aromatic rings. The van der Waals surface area contributed by atoms with Crippen molar-refractivity contribution in [1.82, 2.24) is 0 Å². The lowest BCUT2D eigenvalue weighted by molar-refractivity contribution is 0.0999. The third-order valence-electron chi connectivity index (χ3n) is 2.52. The molecule has 0 aliphatic rings. The van der Waals surface area contributed by atoms with E-state index in [1.807, 2.05) is 13.1 Å². The summed E-state index contributed by atoms with van der Waals surface area (Å²) >= 11 is 0. The number of para-hydroxylation sites is 1. The van der Waals surface area contributed by atoms with Gasteiger partial charge in [-0.15, -0.1) is 0 Å². The summed E-state index contributed by atoms with van der Waals surface area (Å²) in [7, 11) is 3.72. The second kappa shape index (κ2) is 5.66. The molecule has 78 valence electrons. The maximum absolute atomic E-state index is 5.38. The van der Waals surface area contributed by atoms with E-state index >= 15 is 0 Å². The number of nitrogens with one attached hydrogen (secondary N) is 1. The van der Waals surface area contributed by atoms with Crippen LogP contribution >= 0.6 is 0 Å². The van der Waals surface area contributed by atoms with Crippen LogP contribution in [0.3, 0.4) is 0 Å². The van der Waals surface area contributed by atoms with Gasteiger partial charge in [0.05, 0.1) is 6.10 Å². The molecule has 0 heterocycles. The molecule has 0 aromatic heterocycles. The predicted molar refractivity (Wildman–Crippen MR) is 60.8 cm³/mol. The first-order valence-electron chi connectivity index (χ1n) is 5.10. The minimum absolute atomic E-state index is 0.324. The number of hydrogen-bond donors (Lipinski definition) is 1. The van der Waals surface area contributed by atoms with E-state index in [9.17, 15) is 0 Å². The zero-order valence-electron chi connectivity index (χ0n) is 9.21. The van der Waals surface area contributed by atoms with Gasteiger partial charge in [-0.1, -0.05) is 25.1 Å². The van der Waals surface area contributed by atoms with Crippen LogP contribution in [0.4, 0.5) is 5.69 Å². The van der Waals surface area contributed by atoms with E-state index in [0.29, 0.717) is 6.10 Å². The molecule has 14 heavy (non-hydrogen) atoms. The first kappa shape index (κ1) is 11.1. The molecular formula is C12H19NO. The topological polar surface area (TPSA) is 21.3 Å². The molecule has 0 saturated heterocycles. The standard InChI is InChI=1S/C12H19NO/c1-4-11(14-3)9-10-7-5-6-8-12(10)13-2/h5-8,11,13H,4,9H2,1-3H3. The minimum Gasteiger partial charge on any atom is -0.388 e. The highest BCUT2D eigenvalue weighted by Crippen LogP contribution is 2.17. The molecule has 1 aromatic carbocycles. The van der Waals surface area contributed by atoms with Gasteiger partial charge in [0.15, 0.2) is 0 Å². The van der Waals surface area contributed by atoms with Crippen LogP contribution in [-0.4, -0.2) is 20.3 Å². The third kappa shape index (κ3) is 2.74. The van der Waals surface area contributed by atoms with Crippen LogP contribution in [0.5, 0.6) is 0 Å². The molecule has 2 nitrogen and oxygen atoms in total. The summed E-state index contributed by atoms with van der Waals surface area (Å²) in [6.07, 6.45) is 2.35. The highest BCUT2D eigenvalue weighted by molar-refractivity contribution is 5.50. The predicted octanol–water partition coefficient (Wildman–Crippen LogP) is 2.70. The molecule has 2 heteroatoms. The highest BCUT2D eigenvalue weighted by Gasteiger charge is 2.07. The Bertz CT molecular complexity index is 269. The van der Waals surface area contributed by atoms with E-state index in [2.05, 4.69) is 30.4 Å². The van der Waals surface area contributed by atoms with E-state index in [4.69, 9.17) is 4.74 Å². The number of benzene rings is 1. The first-order chi connectivity index (χ1) is 6.81. The van der Waals surface area contributed by atoms with Crippen LogP contribution in [0.1, 0.15) is 18.9 Å². The van der Waals surface area contributed by atoms with Crippen molar-refractivity contribution in [3.63, 3.8) is 0 Å². The summed E-state index contributed by atoms with van der Waals surface area (Å²) in [5.41, 5.74) is 2.52. The van der Waals surface area contributed by atoms with E-state index < -0.39 is 0 Å². The Kier molecular flexibility index (Phi) is 4.47. The lowest BCUT2D eigenvalue weighted by atomic mass is 10.0. The van der Waals surface area contributed by atoms with Crippen molar-refractivity contribution < 1.29 is 4.74 Å². The molecular weight excluding hydrogens is 174 g/mol. The van der Waals surface area contributed by atoms with Crippen molar-refractivity contribution >= 4 is 5.69 Å². The van der Waals surface area contributed by atoms with Gasteiger partial charge in [0.25, 0.3) is 0 Å². The number of methoxy groups -OCH3 is 1. The Morgan fingerprint density at radius 2 is 2.07 bits per heavy atom. The Morgan fingerprint density at radius 3 is 2.64 bits per heavy atom. The van der Waals surface area contributed by atoms with Crippen molar-refractivity contribution in [2.24, 2.45) is 0 Å². The Hall–Kier alpha value is -1.02. The SMILES string of the molecule is CCC(Cc1ccccc1NC)OC. The van der Waals surface area contributed by atoms with Crippen LogP contribution in [0.15, 0.2) is 24.3 Å². The lowest BCUT2D eigenvalue weighted by Gasteiger charge is -2.15. The van der Waals surface area contributed by atoms with Gasteiger partial charge in [-0.05, 0) is 18.1 Å². The van der Waals surface area contributed by atoms with Crippen molar-refractivity contribution in [1.29, 1.82) is 0 Å². The summed E-state index contributed by atoms with van der Waals surface area (Å²) in [4.78, 5) is 0. The molecule has 1 unspecified atom stereocenters. The molecule has 0 saturated carbocycles. The Balaban J connectivity index is 2.74. The summed E-state index contributed by atoms with van der Waals surface area (Å²) in [6, 6.07) is 8.35. The van der Waals surface area contributed by atoms with Gasteiger partial charge in [0.2, 0.25) is 0 Å².